The fourth-order valence-electron chi connectivity index (χ4n) is 2.86. The van der Waals surface area contributed by atoms with Crippen LogP contribution >= 0.6 is 11.8 Å². The van der Waals surface area contributed by atoms with Gasteiger partial charge >= 0.3 is 0 Å². The van der Waals surface area contributed by atoms with E-state index >= 15 is 0 Å². The fourth-order valence-corrected chi connectivity index (χ4v) is 3.80. The Morgan fingerprint density at radius 1 is 1.27 bits per heavy atom. The van der Waals surface area contributed by atoms with E-state index in [9.17, 15) is 9.59 Å². The summed E-state index contributed by atoms with van der Waals surface area (Å²) in [5.41, 5.74) is 1.12. The predicted octanol–water partition coefficient (Wildman–Crippen LogP) is 3.89. The maximum atomic E-state index is 12.2. The van der Waals surface area contributed by atoms with Gasteiger partial charge in [0.05, 0.1) is 5.69 Å². The number of carbonyl (C=O) groups excluding carboxylic acids is 2. The minimum atomic E-state index is -0.0741. The van der Waals surface area contributed by atoms with Crippen LogP contribution in [0.1, 0.15) is 61.6 Å². The van der Waals surface area contributed by atoms with Crippen molar-refractivity contribution >= 4 is 29.1 Å². The number of amides is 1. The van der Waals surface area contributed by atoms with Crippen molar-refractivity contribution in [1.29, 1.82) is 0 Å². The molecule has 2 aromatic rings. The molecule has 1 saturated carbocycles. The van der Waals surface area contributed by atoms with Crippen LogP contribution in [0.25, 0.3) is 0 Å². The average molecular weight is 372 g/mol. The third kappa shape index (κ3) is 4.52. The molecular weight excluding hydrogens is 348 g/mol. The molecule has 0 bridgehead atoms. The van der Waals surface area contributed by atoms with Crippen molar-refractivity contribution in [3.63, 3.8) is 0 Å². The highest BCUT2D eigenvalue weighted by atomic mass is 32.2. The summed E-state index contributed by atoms with van der Waals surface area (Å²) in [7, 11) is 0. The summed E-state index contributed by atoms with van der Waals surface area (Å²) < 4.78 is 2.19. The zero-order valence-electron chi connectivity index (χ0n) is 15.2. The number of hydrogen-bond donors (Lipinski definition) is 1. The molecule has 1 N–H and O–H groups in total. The molecule has 0 unspecified atom stereocenters. The van der Waals surface area contributed by atoms with E-state index in [1.165, 1.54) is 19.8 Å². The topological polar surface area (TPSA) is 76.9 Å². The van der Waals surface area contributed by atoms with E-state index in [1.807, 2.05) is 6.07 Å². The van der Waals surface area contributed by atoms with Gasteiger partial charge in [-0.1, -0.05) is 23.9 Å². The Hall–Kier alpha value is -2.15. The molecule has 1 aliphatic carbocycles. The first kappa shape index (κ1) is 18.6. The standard InChI is InChI=1S/C19H24N4O2S/c1-3-23-18(14-10-11-14)21-22-19(23)26-12-6-9-17(25)20-16-8-5-4-7-15(16)13(2)24/h4-5,7-8,14H,3,6,9-12H2,1-2H3,(H,20,25). The van der Waals surface area contributed by atoms with Crippen LogP contribution in [0, 0.1) is 0 Å². The van der Waals surface area contributed by atoms with Crippen molar-refractivity contribution in [3.05, 3.63) is 35.7 Å². The summed E-state index contributed by atoms with van der Waals surface area (Å²) in [5, 5.41) is 12.4. The molecule has 0 radical (unpaired) electrons. The Bertz CT molecular complexity index is 799. The molecule has 0 atom stereocenters. The highest BCUT2D eigenvalue weighted by molar-refractivity contribution is 7.99. The van der Waals surface area contributed by atoms with Crippen LogP contribution in [0.2, 0.25) is 0 Å². The van der Waals surface area contributed by atoms with Crippen LogP contribution in [-0.2, 0) is 11.3 Å². The lowest BCUT2D eigenvalue weighted by atomic mass is 10.1. The maximum absolute atomic E-state index is 12.2. The lowest BCUT2D eigenvalue weighted by Crippen LogP contribution is -2.14. The van der Waals surface area contributed by atoms with Gasteiger partial charge in [0.2, 0.25) is 5.91 Å². The number of Topliss-reactive ketones (excluding diaryl/α,β-unsaturated/α-hetero) is 1. The molecule has 3 rings (SSSR count). The number of anilines is 1. The van der Waals surface area contributed by atoms with Crippen LogP contribution < -0.4 is 5.32 Å². The maximum Gasteiger partial charge on any atom is 0.224 e. The molecule has 0 aliphatic heterocycles. The van der Waals surface area contributed by atoms with Gasteiger partial charge in [0.25, 0.3) is 0 Å². The van der Waals surface area contributed by atoms with E-state index in [1.54, 1.807) is 30.0 Å². The number of aromatic nitrogens is 3. The van der Waals surface area contributed by atoms with Gasteiger partial charge < -0.3 is 9.88 Å². The SMILES string of the molecule is CCn1c(SCCCC(=O)Nc2ccccc2C(C)=O)nnc1C1CC1. The normalized spacial score (nSPS) is 13.6. The van der Waals surface area contributed by atoms with E-state index in [4.69, 9.17) is 0 Å². The molecule has 1 aromatic carbocycles. The zero-order chi connectivity index (χ0) is 18.5. The number of ketones is 1. The van der Waals surface area contributed by atoms with Crippen molar-refractivity contribution in [2.45, 2.75) is 57.1 Å². The number of rotatable bonds is 9. The molecule has 1 aliphatic rings. The molecule has 1 heterocycles. The summed E-state index contributed by atoms with van der Waals surface area (Å²) in [6.45, 7) is 4.49. The van der Waals surface area contributed by atoms with Gasteiger partial charge in [0.15, 0.2) is 10.9 Å². The first-order chi connectivity index (χ1) is 12.6. The Labute approximate surface area is 157 Å². The highest BCUT2D eigenvalue weighted by Crippen LogP contribution is 2.40. The molecule has 0 spiro atoms. The number of hydrogen-bond acceptors (Lipinski definition) is 5. The molecule has 26 heavy (non-hydrogen) atoms. The van der Waals surface area contributed by atoms with Gasteiger partial charge in [0, 0.05) is 30.2 Å². The molecule has 0 saturated heterocycles. The molecule has 1 fully saturated rings. The Morgan fingerprint density at radius 2 is 2.04 bits per heavy atom. The van der Waals surface area contributed by atoms with Gasteiger partial charge in [0.1, 0.15) is 5.82 Å². The van der Waals surface area contributed by atoms with Crippen molar-refractivity contribution in [2.75, 3.05) is 11.1 Å². The van der Waals surface area contributed by atoms with Crippen molar-refractivity contribution in [3.8, 4) is 0 Å². The second-order valence-corrected chi connectivity index (χ2v) is 7.52. The third-order valence-corrected chi connectivity index (χ3v) is 5.42. The quantitative estimate of drug-likeness (QED) is 0.410. The van der Waals surface area contributed by atoms with Crippen LogP contribution in [0.5, 0.6) is 0 Å². The van der Waals surface area contributed by atoms with E-state index in [-0.39, 0.29) is 11.7 Å². The minimum Gasteiger partial charge on any atom is -0.325 e. The fraction of sp³-hybridized carbons (Fsp3) is 0.474. The van der Waals surface area contributed by atoms with E-state index < -0.39 is 0 Å². The number of nitrogens with zero attached hydrogens (tertiary/aromatic N) is 3. The Kier molecular flexibility index (Phi) is 6.08. The van der Waals surface area contributed by atoms with E-state index in [0.717, 1.165) is 29.7 Å². The van der Waals surface area contributed by atoms with E-state index in [0.29, 0.717) is 23.6 Å². The lowest BCUT2D eigenvalue weighted by molar-refractivity contribution is -0.116. The summed E-state index contributed by atoms with van der Waals surface area (Å²) in [4.78, 5) is 23.8. The monoisotopic (exact) mass is 372 g/mol. The van der Waals surface area contributed by atoms with Crippen molar-refractivity contribution < 1.29 is 9.59 Å². The zero-order valence-corrected chi connectivity index (χ0v) is 16.0. The summed E-state index contributed by atoms with van der Waals surface area (Å²) in [6, 6.07) is 7.09. The number of thioether (sulfide) groups is 1. The Balaban J connectivity index is 1.47. The number of carbonyl (C=O) groups is 2. The lowest BCUT2D eigenvalue weighted by Gasteiger charge is -2.09. The van der Waals surface area contributed by atoms with Crippen LogP contribution in [0.4, 0.5) is 5.69 Å². The molecule has 6 nitrogen and oxygen atoms in total. The average Bonchev–Trinajstić information content (AvgIpc) is 3.39. The molecule has 1 aromatic heterocycles. The molecular formula is C19H24N4O2S. The minimum absolute atomic E-state index is 0.0539. The molecule has 138 valence electrons. The van der Waals surface area contributed by atoms with Crippen molar-refractivity contribution in [1.82, 2.24) is 14.8 Å². The van der Waals surface area contributed by atoms with Crippen molar-refractivity contribution in [2.24, 2.45) is 0 Å². The second kappa shape index (κ2) is 8.49. The van der Waals surface area contributed by atoms with Crippen LogP contribution in [0.15, 0.2) is 29.4 Å². The van der Waals surface area contributed by atoms with Gasteiger partial charge in [-0.3, -0.25) is 9.59 Å². The highest BCUT2D eigenvalue weighted by Gasteiger charge is 2.29. The largest absolute Gasteiger partial charge is 0.325 e. The first-order valence-electron chi connectivity index (χ1n) is 9.05. The van der Waals surface area contributed by atoms with Gasteiger partial charge in [-0.05, 0) is 45.2 Å². The number of para-hydroxylation sites is 1. The third-order valence-electron chi connectivity index (χ3n) is 4.36. The Morgan fingerprint density at radius 3 is 2.73 bits per heavy atom. The summed E-state index contributed by atoms with van der Waals surface area (Å²) in [6.07, 6.45) is 3.58. The van der Waals surface area contributed by atoms with Crippen LogP contribution in [0.3, 0.4) is 0 Å². The van der Waals surface area contributed by atoms with Crippen LogP contribution in [-0.4, -0.2) is 32.2 Å². The second-order valence-electron chi connectivity index (χ2n) is 6.46. The summed E-state index contributed by atoms with van der Waals surface area (Å²) >= 11 is 1.65. The first-order valence-corrected chi connectivity index (χ1v) is 10.0. The smallest absolute Gasteiger partial charge is 0.224 e. The number of nitrogens with one attached hydrogen (secondary N) is 1. The van der Waals surface area contributed by atoms with Gasteiger partial charge in [-0.2, -0.15) is 0 Å². The van der Waals surface area contributed by atoms with E-state index in [2.05, 4.69) is 27.0 Å². The number of benzene rings is 1. The van der Waals surface area contributed by atoms with Gasteiger partial charge in [-0.25, -0.2) is 0 Å². The summed E-state index contributed by atoms with van der Waals surface area (Å²) in [5.74, 6) is 2.37. The van der Waals surface area contributed by atoms with Gasteiger partial charge in [-0.15, -0.1) is 10.2 Å². The predicted molar refractivity (Wildman–Crippen MR) is 103 cm³/mol. The molecule has 1 amide bonds. The molecule has 7 heteroatoms.